The molecule has 0 bridgehead atoms. The molecule has 0 radical (unpaired) electrons. The zero-order valence-electron chi connectivity index (χ0n) is 11.1. The van der Waals surface area contributed by atoms with Crippen LogP contribution in [-0.2, 0) is 0 Å². The summed E-state index contributed by atoms with van der Waals surface area (Å²) in [6.45, 7) is 8.41. The lowest BCUT2D eigenvalue weighted by Crippen LogP contribution is -2.05. The van der Waals surface area contributed by atoms with Crippen molar-refractivity contribution in [1.29, 1.82) is 0 Å². The minimum absolute atomic E-state index is 0.293. The van der Waals surface area contributed by atoms with Gasteiger partial charge in [0.2, 0.25) is 0 Å². The molecule has 2 rings (SSSR count). The molecule has 0 aliphatic rings. The van der Waals surface area contributed by atoms with Gasteiger partial charge in [0.05, 0.1) is 5.69 Å². The van der Waals surface area contributed by atoms with Crippen molar-refractivity contribution in [2.75, 3.05) is 0 Å². The average Bonchev–Trinajstić information content (AvgIpc) is 2.77. The maximum atomic E-state index is 4.54. The first-order valence-electron chi connectivity index (χ1n) is 6.07. The maximum Gasteiger partial charge on any atom is 0.158 e. The van der Waals surface area contributed by atoms with Gasteiger partial charge in [-0.2, -0.15) is 5.10 Å². The third kappa shape index (κ3) is 2.77. The lowest BCUT2D eigenvalue weighted by atomic mass is 10.1. The van der Waals surface area contributed by atoms with Crippen LogP contribution in [0, 0.1) is 0 Å². The zero-order chi connectivity index (χ0) is 13.3. The van der Waals surface area contributed by atoms with Gasteiger partial charge >= 0.3 is 0 Å². The smallest absolute Gasteiger partial charge is 0.158 e. The van der Waals surface area contributed by atoms with E-state index >= 15 is 0 Å². The molecule has 5 heteroatoms. The van der Waals surface area contributed by atoms with Gasteiger partial charge in [0.1, 0.15) is 10.4 Å². The van der Waals surface area contributed by atoms with Crippen LogP contribution in [0.5, 0.6) is 0 Å². The van der Waals surface area contributed by atoms with Crippen molar-refractivity contribution in [2.24, 2.45) is 0 Å². The molecule has 0 fully saturated rings. The fraction of sp³-hybridized carbons (Fsp3) is 0.462. The van der Waals surface area contributed by atoms with E-state index < -0.39 is 0 Å². The third-order valence-corrected chi connectivity index (χ3v) is 3.06. The zero-order valence-corrected chi connectivity index (χ0v) is 12.6. The third-order valence-electron chi connectivity index (χ3n) is 2.65. The first-order chi connectivity index (χ1) is 8.47. The van der Waals surface area contributed by atoms with Crippen LogP contribution in [0.1, 0.15) is 51.0 Å². The van der Waals surface area contributed by atoms with Crippen molar-refractivity contribution in [1.82, 2.24) is 19.7 Å². The van der Waals surface area contributed by atoms with Crippen LogP contribution in [0.2, 0.25) is 0 Å². The average molecular weight is 309 g/mol. The van der Waals surface area contributed by atoms with E-state index in [4.69, 9.17) is 0 Å². The normalized spacial score (nSPS) is 11.5. The van der Waals surface area contributed by atoms with E-state index in [1.165, 1.54) is 0 Å². The lowest BCUT2D eigenvalue weighted by molar-refractivity contribution is 0.722. The number of hydrogen-bond donors (Lipinski definition) is 0. The van der Waals surface area contributed by atoms with Gasteiger partial charge in [-0.3, -0.25) is 0 Å². The summed E-state index contributed by atoms with van der Waals surface area (Å²) in [5, 5.41) is 4.53. The Balaban J connectivity index is 2.43. The molecule has 0 aliphatic carbocycles. The Bertz CT molecular complexity index is 546. The van der Waals surface area contributed by atoms with Crippen LogP contribution in [-0.4, -0.2) is 19.7 Å². The molecule has 18 heavy (non-hydrogen) atoms. The largest absolute Gasteiger partial charge is 0.226 e. The van der Waals surface area contributed by atoms with E-state index in [2.05, 4.69) is 58.7 Å². The monoisotopic (exact) mass is 308 g/mol. The predicted molar refractivity (Wildman–Crippen MR) is 75.0 cm³/mol. The summed E-state index contributed by atoms with van der Waals surface area (Å²) in [6.07, 6.45) is 1.94. The Kier molecular flexibility index (Phi) is 3.80. The molecule has 0 saturated carbocycles. The number of halogens is 1. The van der Waals surface area contributed by atoms with Gasteiger partial charge in [-0.25, -0.2) is 14.6 Å². The highest BCUT2D eigenvalue weighted by molar-refractivity contribution is 9.10. The van der Waals surface area contributed by atoms with Gasteiger partial charge < -0.3 is 0 Å². The summed E-state index contributed by atoms with van der Waals surface area (Å²) in [5.74, 6) is 2.33. The molecule has 0 atom stereocenters. The molecule has 2 aromatic rings. The van der Waals surface area contributed by atoms with E-state index in [1.807, 2.05) is 18.3 Å². The van der Waals surface area contributed by atoms with Gasteiger partial charge in [-0.1, -0.05) is 27.7 Å². The molecule has 0 unspecified atom stereocenters. The molecule has 0 N–H and O–H groups in total. The van der Waals surface area contributed by atoms with E-state index in [1.54, 1.807) is 4.68 Å². The van der Waals surface area contributed by atoms with Crippen molar-refractivity contribution >= 4 is 15.9 Å². The number of rotatable bonds is 3. The second-order valence-electron chi connectivity index (χ2n) is 4.90. The van der Waals surface area contributed by atoms with Gasteiger partial charge in [0, 0.05) is 18.2 Å². The molecule has 2 aromatic heterocycles. The summed E-state index contributed by atoms with van der Waals surface area (Å²) < 4.78 is 2.59. The minimum Gasteiger partial charge on any atom is -0.226 e. The summed E-state index contributed by atoms with van der Waals surface area (Å²) in [7, 11) is 0. The van der Waals surface area contributed by atoms with Gasteiger partial charge in [0.15, 0.2) is 5.82 Å². The first kappa shape index (κ1) is 13.2. The topological polar surface area (TPSA) is 43.6 Å². The Hall–Kier alpha value is -1.23. The minimum atomic E-state index is 0.293. The second-order valence-corrected chi connectivity index (χ2v) is 5.71. The number of nitrogens with zero attached hydrogens (tertiary/aromatic N) is 4. The summed E-state index contributed by atoms with van der Waals surface area (Å²) in [6, 6.07) is 3.90. The fourth-order valence-electron chi connectivity index (χ4n) is 1.57. The molecule has 0 saturated heterocycles. The molecule has 0 amide bonds. The van der Waals surface area contributed by atoms with Crippen LogP contribution >= 0.6 is 15.9 Å². The van der Waals surface area contributed by atoms with E-state index in [0.29, 0.717) is 11.8 Å². The summed E-state index contributed by atoms with van der Waals surface area (Å²) in [5.41, 5.74) is 1.07. The SMILES string of the molecule is CC(C)c1ccn(-c2cc(Br)nc(C(C)C)n2)n1. The van der Waals surface area contributed by atoms with Gasteiger partial charge in [-0.15, -0.1) is 0 Å². The van der Waals surface area contributed by atoms with Crippen LogP contribution < -0.4 is 0 Å². The molecule has 0 spiro atoms. The first-order valence-corrected chi connectivity index (χ1v) is 6.87. The Morgan fingerprint density at radius 1 is 1.11 bits per heavy atom. The van der Waals surface area contributed by atoms with Crippen molar-refractivity contribution < 1.29 is 0 Å². The van der Waals surface area contributed by atoms with Crippen LogP contribution in [0.15, 0.2) is 22.9 Å². The highest BCUT2D eigenvalue weighted by Crippen LogP contribution is 2.18. The van der Waals surface area contributed by atoms with Crippen LogP contribution in [0.4, 0.5) is 0 Å². The molecular formula is C13H17BrN4. The van der Waals surface area contributed by atoms with Crippen LogP contribution in [0.25, 0.3) is 5.82 Å². The molecule has 4 nitrogen and oxygen atoms in total. The lowest BCUT2D eigenvalue weighted by Gasteiger charge is -2.07. The van der Waals surface area contributed by atoms with E-state index in [0.717, 1.165) is 21.9 Å². The standard InChI is InChI=1S/C13H17BrN4/c1-8(2)10-5-6-18(17-10)12-7-11(14)15-13(16-12)9(3)4/h5-9H,1-4H3. The van der Waals surface area contributed by atoms with E-state index in [-0.39, 0.29) is 0 Å². The Morgan fingerprint density at radius 2 is 1.83 bits per heavy atom. The molecule has 0 aliphatic heterocycles. The quantitative estimate of drug-likeness (QED) is 0.813. The Labute approximate surface area is 116 Å². The van der Waals surface area contributed by atoms with Crippen molar-refractivity contribution in [2.45, 2.75) is 39.5 Å². The van der Waals surface area contributed by atoms with Crippen molar-refractivity contribution in [3.8, 4) is 5.82 Å². The van der Waals surface area contributed by atoms with Crippen molar-refractivity contribution in [3.63, 3.8) is 0 Å². The second kappa shape index (κ2) is 5.18. The molecule has 2 heterocycles. The van der Waals surface area contributed by atoms with Crippen LogP contribution in [0.3, 0.4) is 0 Å². The maximum absolute atomic E-state index is 4.54. The highest BCUT2D eigenvalue weighted by atomic mass is 79.9. The van der Waals surface area contributed by atoms with E-state index in [9.17, 15) is 0 Å². The molecule has 96 valence electrons. The van der Waals surface area contributed by atoms with Gasteiger partial charge in [-0.05, 0) is 27.9 Å². The van der Waals surface area contributed by atoms with Crippen molar-refractivity contribution in [3.05, 3.63) is 34.5 Å². The highest BCUT2D eigenvalue weighted by Gasteiger charge is 2.10. The summed E-state index contributed by atoms with van der Waals surface area (Å²) in [4.78, 5) is 8.90. The fourth-order valence-corrected chi connectivity index (χ4v) is 1.96. The Morgan fingerprint density at radius 3 is 2.39 bits per heavy atom. The van der Waals surface area contributed by atoms with Gasteiger partial charge in [0.25, 0.3) is 0 Å². The number of hydrogen-bond acceptors (Lipinski definition) is 3. The molecular weight excluding hydrogens is 292 g/mol. The molecule has 0 aromatic carbocycles. The number of aromatic nitrogens is 4. The predicted octanol–water partition coefficient (Wildman–Crippen LogP) is 3.67. The summed E-state index contributed by atoms with van der Waals surface area (Å²) >= 11 is 3.42.